The lowest BCUT2D eigenvalue weighted by Gasteiger charge is -2.15. The van der Waals surface area contributed by atoms with Crippen molar-refractivity contribution in [1.29, 1.82) is 0 Å². The fraction of sp³-hybridized carbons (Fsp3) is 0.100. The minimum absolute atomic E-state index is 1.16. The van der Waals surface area contributed by atoms with Crippen LogP contribution in [0.3, 0.4) is 0 Å². The number of halogens is 2. The summed E-state index contributed by atoms with van der Waals surface area (Å²) >= 11 is 7.49. The van der Waals surface area contributed by atoms with Gasteiger partial charge in [0.25, 0.3) is 0 Å². The van der Waals surface area contributed by atoms with E-state index in [1.54, 1.807) is 0 Å². The Morgan fingerprint density at radius 3 is 1.27 bits per heavy atom. The predicted octanol–water partition coefficient (Wildman–Crippen LogP) is 7.16. The van der Waals surface area contributed by atoms with Crippen molar-refractivity contribution in [1.82, 2.24) is 0 Å². The molecule has 3 rings (SSSR count). The summed E-state index contributed by atoms with van der Waals surface area (Å²) in [6.07, 6.45) is 0. The highest BCUT2D eigenvalue weighted by Gasteiger charge is 2.13. The van der Waals surface area contributed by atoms with Gasteiger partial charge in [-0.05, 0) is 79.1 Å². The molecule has 0 unspecified atom stereocenters. The molecule has 0 spiro atoms. The van der Waals surface area contributed by atoms with Crippen molar-refractivity contribution >= 4 is 31.9 Å². The first-order valence-electron chi connectivity index (χ1n) is 7.19. The minimum atomic E-state index is 1.16. The zero-order valence-electron chi connectivity index (χ0n) is 12.5. The molecule has 0 bridgehead atoms. The summed E-state index contributed by atoms with van der Waals surface area (Å²) in [5, 5.41) is 0. The summed E-state index contributed by atoms with van der Waals surface area (Å²) in [6, 6.07) is 21.4. The third kappa shape index (κ3) is 2.78. The van der Waals surface area contributed by atoms with Gasteiger partial charge in [-0.1, -0.05) is 60.7 Å². The van der Waals surface area contributed by atoms with Crippen molar-refractivity contribution in [3.63, 3.8) is 0 Å². The van der Waals surface area contributed by atoms with E-state index in [0.29, 0.717) is 0 Å². The predicted molar refractivity (Wildman–Crippen MR) is 102 cm³/mol. The van der Waals surface area contributed by atoms with Gasteiger partial charge in [-0.2, -0.15) is 0 Å². The van der Waals surface area contributed by atoms with Crippen LogP contribution in [-0.4, -0.2) is 0 Å². The second-order valence-corrected chi connectivity index (χ2v) is 7.00. The summed E-state index contributed by atoms with van der Waals surface area (Å²) in [4.78, 5) is 0. The third-order valence-corrected chi connectivity index (χ3v) is 6.00. The van der Waals surface area contributed by atoms with E-state index in [2.05, 4.69) is 106 Å². The first-order chi connectivity index (χ1) is 10.6. The number of aryl methyl sites for hydroxylation is 2. The molecule has 0 radical (unpaired) electrons. The SMILES string of the molecule is Cc1cccc(-c2ccccc2-c2cccc(C)c2Br)c1Br. The topological polar surface area (TPSA) is 0 Å². The van der Waals surface area contributed by atoms with Crippen molar-refractivity contribution in [3.05, 3.63) is 80.7 Å². The van der Waals surface area contributed by atoms with Crippen LogP contribution in [0.25, 0.3) is 22.3 Å². The first kappa shape index (κ1) is 15.5. The summed E-state index contributed by atoms with van der Waals surface area (Å²) in [5.41, 5.74) is 7.42. The zero-order valence-corrected chi connectivity index (χ0v) is 15.7. The van der Waals surface area contributed by atoms with E-state index in [4.69, 9.17) is 0 Å². The smallest absolute Gasteiger partial charge is 0.0283 e. The number of rotatable bonds is 2. The molecule has 0 aliphatic heterocycles. The molecule has 2 heteroatoms. The molecule has 0 aliphatic rings. The van der Waals surface area contributed by atoms with Crippen LogP contribution in [0.2, 0.25) is 0 Å². The van der Waals surface area contributed by atoms with Crippen LogP contribution >= 0.6 is 31.9 Å². The average molecular weight is 416 g/mol. The maximum Gasteiger partial charge on any atom is 0.0283 e. The van der Waals surface area contributed by atoms with E-state index in [0.717, 1.165) is 8.95 Å². The van der Waals surface area contributed by atoms with Crippen molar-refractivity contribution in [2.75, 3.05) is 0 Å². The van der Waals surface area contributed by atoms with Crippen molar-refractivity contribution in [2.45, 2.75) is 13.8 Å². The highest BCUT2D eigenvalue weighted by atomic mass is 79.9. The highest BCUT2D eigenvalue weighted by molar-refractivity contribution is 9.11. The number of benzene rings is 3. The molecule has 3 aromatic carbocycles. The second kappa shape index (κ2) is 6.39. The van der Waals surface area contributed by atoms with E-state index >= 15 is 0 Å². The molecule has 0 aliphatic carbocycles. The molecule has 22 heavy (non-hydrogen) atoms. The van der Waals surface area contributed by atoms with Crippen LogP contribution in [-0.2, 0) is 0 Å². The standard InChI is InChI=1S/C20H16Br2/c1-13-7-5-11-17(19(13)21)15-9-3-4-10-16(15)18-12-6-8-14(2)20(18)22/h3-12H,1-2H3. The van der Waals surface area contributed by atoms with E-state index in [1.807, 2.05) is 0 Å². The van der Waals surface area contributed by atoms with Crippen LogP contribution in [0.4, 0.5) is 0 Å². The van der Waals surface area contributed by atoms with E-state index < -0.39 is 0 Å². The molecule has 0 saturated heterocycles. The molecule has 0 amide bonds. The molecule has 0 fully saturated rings. The molecule has 0 heterocycles. The zero-order chi connectivity index (χ0) is 15.7. The van der Waals surface area contributed by atoms with Gasteiger partial charge in [0.1, 0.15) is 0 Å². The van der Waals surface area contributed by atoms with Gasteiger partial charge in [-0.3, -0.25) is 0 Å². The Hall–Kier alpha value is -1.38. The Kier molecular flexibility index (Phi) is 4.51. The average Bonchev–Trinajstić information content (AvgIpc) is 2.53. The fourth-order valence-corrected chi connectivity index (χ4v) is 3.62. The molecule has 110 valence electrons. The van der Waals surface area contributed by atoms with E-state index in [9.17, 15) is 0 Å². The Morgan fingerprint density at radius 1 is 0.500 bits per heavy atom. The highest BCUT2D eigenvalue weighted by Crippen LogP contribution is 2.40. The lowest BCUT2D eigenvalue weighted by molar-refractivity contribution is 1.41. The fourth-order valence-electron chi connectivity index (χ4n) is 2.66. The van der Waals surface area contributed by atoms with E-state index in [1.165, 1.54) is 33.4 Å². The Labute approximate surface area is 148 Å². The summed E-state index contributed by atoms with van der Waals surface area (Å²) in [5.74, 6) is 0. The van der Waals surface area contributed by atoms with Gasteiger partial charge in [0, 0.05) is 8.95 Å². The Morgan fingerprint density at radius 2 is 0.864 bits per heavy atom. The molecule has 0 N–H and O–H groups in total. The van der Waals surface area contributed by atoms with Gasteiger partial charge in [-0.15, -0.1) is 0 Å². The Bertz CT molecular complexity index is 764. The lowest BCUT2D eigenvalue weighted by atomic mass is 9.93. The summed E-state index contributed by atoms with van der Waals surface area (Å²) in [7, 11) is 0. The Balaban J connectivity index is 2.28. The number of hydrogen-bond acceptors (Lipinski definition) is 0. The van der Waals surface area contributed by atoms with Gasteiger partial charge in [-0.25, -0.2) is 0 Å². The molecule has 0 nitrogen and oxygen atoms in total. The molecule has 0 atom stereocenters. The van der Waals surface area contributed by atoms with Gasteiger partial charge >= 0.3 is 0 Å². The van der Waals surface area contributed by atoms with Crippen LogP contribution in [0, 0.1) is 13.8 Å². The summed E-state index contributed by atoms with van der Waals surface area (Å²) in [6.45, 7) is 4.25. The normalized spacial score (nSPS) is 10.7. The lowest BCUT2D eigenvalue weighted by Crippen LogP contribution is -1.89. The van der Waals surface area contributed by atoms with Gasteiger partial charge in [0.05, 0.1) is 0 Å². The maximum atomic E-state index is 3.74. The third-order valence-electron chi connectivity index (χ3n) is 3.89. The molecular formula is C20H16Br2. The van der Waals surface area contributed by atoms with Gasteiger partial charge in [0.15, 0.2) is 0 Å². The van der Waals surface area contributed by atoms with Crippen molar-refractivity contribution in [2.24, 2.45) is 0 Å². The van der Waals surface area contributed by atoms with Crippen LogP contribution in [0.5, 0.6) is 0 Å². The van der Waals surface area contributed by atoms with Crippen LogP contribution in [0.15, 0.2) is 69.6 Å². The quantitative estimate of drug-likeness (QED) is 0.416. The van der Waals surface area contributed by atoms with Crippen LogP contribution < -0.4 is 0 Å². The van der Waals surface area contributed by atoms with Gasteiger partial charge in [0.2, 0.25) is 0 Å². The van der Waals surface area contributed by atoms with Gasteiger partial charge < -0.3 is 0 Å². The number of hydrogen-bond donors (Lipinski definition) is 0. The van der Waals surface area contributed by atoms with Crippen LogP contribution in [0.1, 0.15) is 11.1 Å². The first-order valence-corrected chi connectivity index (χ1v) is 8.78. The monoisotopic (exact) mass is 414 g/mol. The molecule has 0 aromatic heterocycles. The molecular weight excluding hydrogens is 400 g/mol. The van der Waals surface area contributed by atoms with Crippen molar-refractivity contribution < 1.29 is 0 Å². The molecule has 3 aromatic rings. The largest absolute Gasteiger partial charge is 0.0616 e. The van der Waals surface area contributed by atoms with E-state index in [-0.39, 0.29) is 0 Å². The molecule has 0 saturated carbocycles. The maximum absolute atomic E-state index is 3.74. The summed E-state index contributed by atoms with van der Waals surface area (Å²) < 4.78 is 2.32. The van der Waals surface area contributed by atoms with Crippen molar-refractivity contribution in [3.8, 4) is 22.3 Å². The second-order valence-electron chi connectivity index (χ2n) is 5.42. The minimum Gasteiger partial charge on any atom is -0.0616 e.